The molecule has 0 saturated carbocycles. The molecule has 0 spiro atoms. The van der Waals surface area contributed by atoms with Crippen molar-refractivity contribution in [1.29, 1.82) is 0 Å². The molecule has 0 saturated heterocycles. The van der Waals surface area contributed by atoms with Crippen molar-refractivity contribution in [2.75, 3.05) is 5.32 Å². The maximum atomic E-state index is 12.1. The summed E-state index contributed by atoms with van der Waals surface area (Å²) < 4.78 is 2.16. The Morgan fingerprint density at radius 1 is 1.35 bits per heavy atom. The van der Waals surface area contributed by atoms with E-state index < -0.39 is 0 Å². The fourth-order valence-electron chi connectivity index (χ4n) is 1.58. The lowest BCUT2D eigenvalue weighted by atomic mass is 10.3. The molecule has 0 radical (unpaired) electrons. The minimum atomic E-state index is -0.343. The van der Waals surface area contributed by atoms with Gasteiger partial charge in [-0.15, -0.1) is 0 Å². The predicted octanol–water partition coefficient (Wildman–Crippen LogP) is 2.63. The summed E-state index contributed by atoms with van der Waals surface area (Å²) >= 11 is 6.95. The number of hydrogen-bond acceptors (Lipinski definition) is 5. The van der Waals surface area contributed by atoms with Gasteiger partial charge in [0.25, 0.3) is 5.91 Å². The van der Waals surface area contributed by atoms with Crippen LogP contribution in [0.3, 0.4) is 0 Å². The van der Waals surface area contributed by atoms with Crippen molar-refractivity contribution in [3.63, 3.8) is 0 Å². The average molecular weight is 306 g/mol. The summed E-state index contributed by atoms with van der Waals surface area (Å²) in [5.41, 5.74) is 1.04. The number of rotatable bonds is 3. The van der Waals surface area contributed by atoms with Crippen molar-refractivity contribution in [2.24, 2.45) is 0 Å². The zero-order valence-corrected chi connectivity index (χ0v) is 11.6. The molecule has 8 heteroatoms. The van der Waals surface area contributed by atoms with Crippen molar-refractivity contribution in [3.05, 3.63) is 53.0 Å². The van der Waals surface area contributed by atoms with Crippen molar-refractivity contribution < 1.29 is 4.79 Å². The number of anilines is 1. The number of halogens is 1. The Morgan fingerprint density at radius 2 is 2.25 bits per heavy atom. The van der Waals surface area contributed by atoms with Gasteiger partial charge in [-0.05, 0) is 18.2 Å². The molecule has 1 amide bonds. The smallest absolute Gasteiger partial charge is 0.276 e. The molecule has 3 heterocycles. The van der Waals surface area contributed by atoms with E-state index in [2.05, 4.69) is 20.4 Å². The number of hydrogen-bond donors (Lipinski definition) is 1. The van der Waals surface area contributed by atoms with Gasteiger partial charge in [-0.2, -0.15) is 5.10 Å². The van der Waals surface area contributed by atoms with E-state index >= 15 is 0 Å². The first kappa shape index (κ1) is 12.8. The molecule has 3 rings (SSSR count). The highest BCUT2D eigenvalue weighted by atomic mass is 35.5. The molecule has 6 nitrogen and oxygen atoms in total. The van der Waals surface area contributed by atoms with E-state index in [-0.39, 0.29) is 11.6 Å². The maximum Gasteiger partial charge on any atom is 0.276 e. The number of nitrogens with zero attached hydrogens (tertiary/aromatic N) is 4. The van der Waals surface area contributed by atoms with Gasteiger partial charge in [-0.25, -0.2) is 9.67 Å². The molecule has 0 bridgehead atoms. The van der Waals surface area contributed by atoms with Crippen LogP contribution >= 0.6 is 22.9 Å². The molecule has 0 aliphatic heterocycles. The third-order valence-corrected chi connectivity index (χ3v) is 3.47. The molecule has 3 aromatic rings. The van der Waals surface area contributed by atoms with E-state index in [9.17, 15) is 4.79 Å². The molecule has 1 N–H and O–H groups in total. The number of pyridine rings is 1. The minimum Gasteiger partial charge on any atom is -0.296 e. The first-order chi connectivity index (χ1) is 9.72. The van der Waals surface area contributed by atoms with Crippen LogP contribution in [0.2, 0.25) is 4.34 Å². The SMILES string of the molecule is O=C(Nc1ncc(Cl)s1)c1cc(-n2cccn2)ccn1. The number of amides is 1. The molecular formula is C12H8ClN5OS. The number of carbonyl (C=O) groups excluding carboxylic acids is 1. The van der Waals surface area contributed by atoms with Crippen LogP contribution in [0, 0.1) is 0 Å². The molecule has 0 atom stereocenters. The van der Waals surface area contributed by atoms with Crippen molar-refractivity contribution in [3.8, 4) is 5.69 Å². The second-order valence-corrected chi connectivity index (χ2v) is 5.44. The van der Waals surface area contributed by atoms with E-state index in [0.29, 0.717) is 9.47 Å². The number of carbonyl (C=O) groups is 1. The van der Waals surface area contributed by atoms with Crippen molar-refractivity contribution >= 4 is 34.0 Å². The molecule has 100 valence electrons. The summed E-state index contributed by atoms with van der Waals surface area (Å²) in [6.45, 7) is 0. The molecule has 0 fully saturated rings. The summed E-state index contributed by atoms with van der Waals surface area (Å²) in [6.07, 6.45) is 6.49. The van der Waals surface area contributed by atoms with E-state index in [1.165, 1.54) is 17.5 Å². The van der Waals surface area contributed by atoms with Crippen LogP contribution in [0.4, 0.5) is 5.13 Å². The van der Waals surface area contributed by atoms with Crippen molar-refractivity contribution in [1.82, 2.24) is 19.7 Å². The fourth-order valence-corrected chi connectivity index (χ4v) is 2.39. The minimum absolute atomic E-state index is 0.282. The van der Waals surface area contributed by atoms with Gasteiger partial charge >= 0.3 is 0 Å². The van der Waals surface area contributed by atoms with Crippen LogP contribution in [-0.4, -0.2) is 25.7 Å². The lowest BCUT2D eigenvalue weighted by Crippen LogP contribution is -2.14. The Hall–Kier alpha value is -2.25. The van der Waals surface area contributed by atoms with Gasteiger partial charge in [0, 0.05) is 18.6 Å². The largest absolute Gasteiger partial charge is 0.296 e. The standard InChI is InChI=1S/C12H8ClN5OS/c13-10-7-15-12(20-10)17-11(19)9-6-8(2-4-14-9)18-5-1-3-16-18/h1-7H,(H,15,17,19). The number of thiazole rings is 1. The van der Waals surface area contributed by atoms with Crippen molar-refractivity contribution in [2.45, 2.75) is 0 Å². The van der Waals surface area contributed by atoms with E-state index in [1.807, 2.05) is 0 Å². The molecular weight excluding hydrogens is 298 g/mol. The van der Waals surface area contributed by atoms with Crippen LogP contribution in [0.15, 0.2) is 43.0 Å². The quantitative estimate of drug-likeness (QED) is 0.807. The molecule has 20 heavy (non-hydrogen) atoms. The number of nitrogens with one attached hydrogen (secondary N) is 1. The third-order valence-electron chi connectivity index (χ3n) is 2.44. The summed E-state index contributed by atoms with van der Waals surface area (Å²) in [4.78, 5) is 20.1. The summed E-state index contributed by atoms with van der Waals surface area (Å²) in [7, 11) is 0. The Bertz CT molecular complexity index is 740. The summed E-state index contributed by atoms with van der Waals surface area (Å²) in [5, 5.41) is 7.18. The zero-order chi connectivity index (χ0) is 13.9. The highest BCUT2D eigenvalue weighted by Gasteiger charge is 2.11. The summed E-state index contributed by atoms with van der Waals surface area (Å²) in [5.74, 6) is -0.343. The Morgan fingerprint density at radius 3 is 2.95 bits per heavy atom. The Kier molecular flexibility index (Phi) is 3.44. The van der Waals surface area contributed by atoms with Crippen LogP contribution in [0.25, 0.3) is 5.69 Å². The first-order valence-electron chi connectivity index (χ1n) is 5.61. The van der Waals surface area contributed by atoms with Gasteiger partial charge in [-0.3, -0.25) is 15.1 Å². The molecule has 0 aliphatic rings. The molecule has 3 aromatic heterocycles. The van der Waals surface area contributed by atoms with Crippen LogP contribution in [0.5, 0.6) is 0 Å². The van der Waals surface area contributed by atoms with Gasteiger partial charge in [0.1, 0.15) is 10.0 Å². The van der Waals surface area contributed by atoms with Crippen LogP contribution < -0.4 is 5.32 Å². The van der Waals surface area contributed by atoms with E-state index in [0.717, 1.165) is 5.69 Å². The molecule has 0 aromatic carbocycles. The van der Waals surface area contributed by atoms with Crippen LogP contribution in [0.1, 0.15) is 10.5 Å². The van der Waals surface area contributed by atoms with Gasteiger partial charge < -0.3 is 0 Å². The topological polar surface area (TPSA) is 72.7 Å². The molecule has 0 unspecified atom stereocenters. The fraction of sp³-hybridized carbons (Fsp3) is 0. The maximum absolute atomic E-state index is 12.1. The number of aromatic nitrogens is 4. The highest BCUT2D eigenvalue weighted by molar-refractivity contribution is 7.19. The summed E-state index contributed by atoms with van der Waals surface area (Å²) in [6, 6.07) is 5.22. The van der Waals surface area contributed by atoms with Gasteiger partial charge in [0.2, 0.25) is 0 Å². The van der Waals surface area contributed by atoms with Gasteiger partial charge in [-0.1, -0.05) is 22.9 Å². The molecule has 0 aliphatic carbocycles. The second kappa shape index (κ2) is 5.40. The lowest BCUT2D eigenvalue weighted by molar-refractivity contribution is 0.102. The first-order valence-corrected chi connectivity index (χ1v) is 6.80. The van der Waals surface area contributed by atoms with Gasteiger partial charge in [0.05, 0.1) is 11.9 Å². The lowest BCUT2D eigenvalue weighted by Gasteiger charge is -2.04. The van der Waals surface area contributed by atoms with E-state index in [4.69, 9.17) is 11.6 Å². The zero-order valence-electron chi connectivity index (χ0n) is 10.0. The van der Waals surface area contributed by atoms with E-state index in [1.54, 1.807) is 41.5 Å². The highest BCUT2D eigenvalue weighted by Crippen LogP contribution is 2.22. The monoisotopic (exact) mass is 305 g/mol. The Balaban J connectivity index is 1.83. The normalized spacial score (nSPS) is 10.4. The average Bonchev–Trinajstić information content (AvgIpc) is 3.11. The van der Waals surface area contributed by atoms with Gasteiger partial charge in [0.15, 0.2) is 5.13 Å². The third kappa shape index (κ3) is 2.68. The predicted molar refractivity (Wildman–Crippen MR) is 76.4 cm³/mol. The van der Waals surface area contributed by atoms with Crippen LogP contribution in [-0.2, 0) is 0 Å². The second-order valence-electron chi connectivity index (χ2n) is 3.77. The Labute approximate surface area is 123 Å².